The molecule has 1 fully saturated rings. The highest BCUT2D eigenvalue weighted by atomic mass is 32.1. The molecule has 26 heavy (non-hydrogen) atoms. The van der Waals surface area contributed by atoms with Gasteiger partial charge >= 0.3 is 0 Å². The number of amides is 1. The fourth-order valence-electron chi connectivity index (χ4n) is 4.48. The van der Waals surface area contributed by atoms with Gasteiger partial charge in [0, 0.05) is 0 Å². The van der Waals surface area contributed by atoms with Crippen LogP contribution in [0.3, 0.4) is 0 Å². The molecule has 1 amide bonds. The summed E-state index contributed by atoms with van der Waals surface area (Å²) in [5.41, 5.74) is 1.63. The molecule has 0 saturated heterocycles. The van der Waals surface area contributed by atoms with Crippen LogP contribution in [0.15, 0.2) is 51.8 Å². The van der Waals surface area contributed by atoms with Crippen molar-refractivity contribution in [1.29, 1.82) is 0 Å². The van der Waals surface area contributed by atoms with Gasteiger partial charge in [-0.05, 0) is 42.7 Å². The number of allylic oxidation sites excluding steroid dienone is 2. The number of anilines is 1. The lowest BCUT2D eigenvalue weighted by atomic mass is 9.82. The van der Waals surface area contributed by atoms with E-state index in [2.05, 4.69) is 22.3 Å². The summed E-state index contributed by atoms with van der Waals surface area (Å²) in [6.45, 7) is 0. The number of aromatic nitrogens is 2. The number of carbonyl (C=O) groups is 2. The van der Waals surface area contributed by atoms with Gasteiger partial charge in [-0.3, -0.25) is 14.5 Å². The molecule has 132 valence electrons. The van der Waals surface area contributed by atoms with Gasteiger partial charge in [0.15, 0.2) is 11.5 Å². The summed E-state index contributed by atoms with van der Waals surface area (Å²) in [5.74, 6) is -0.674. The zero-order chi connectivity index (χ0) is 17.8. The molecule has 4 atom stereocenters. The van der Waals surface area contributed by atoms with Gasteiger partial charge < -0.3 is 9.52 Å². The van der Waals surface area contributed by atoms with Crippen LogP contribution in [0, 0.1) is 17.8 Å². The summed E-state index contributed by atoms with van der Waals surface area (Å²) >= 11 is 1.21. The van der Waals surface area contributed by atoms with E-state index in [-0.39, 0.29) is 23.2 Å². The van der Waals surface area contributed by atoms with Crippen molar-refractivity contribution in [2.75, 3.05) is 4.90 Å². The first-order valence-corrected chi connectivity index (χ1v) is 9.32. The number of furan rings is 1. The number of fused-ring (bicyclic) bond motifs is 2. The highest BCUT2D eigenvalue weighted by Gasteiger charge is 2.53. The number of aliphatic hydroxyl groups is 1. The van der Waals surface area contributed by atoms with Gasteiger partial charge in [0.25, 0.3) is 5.91 Å². The van der Waals surface area contributed by atoms with E-state index in [1.165, 1.54) is 28.0 Å². The monoisotopic (exact) mass is 369 g/mol. The van der Waals surface area contributed by atoms with Crippen molar-refractivity contribution >= 4 is 28.2 Å². The van der Waals surface area contributed by atoms with Gasteiger partial charge in [-0.1, -0.05) is 23.5 Å². The Morgan fingerprint density at radius 3 is 2.85 bits per heavy atom. The van der Waals surface area contributed by atoms with Crippen molar-refractivity contribution in [2.24, 2.45) is 17.8 Å². The van der Waals surface area contributed by atoms with Crippen LogP contribution in [0.2, 0.25) is 0 Å². The van der Waals surface area contributed by atoms with Crippen LogP contribution in [0.5, 0.6) is 0 Å². The Morgan fingerprint density at radius 2 is 2.23 bits per heavy atom. The maximum Gasteiger partial charge on any atom is 0.296 e. The van der Waals surface area contributed by atoms with Gasteiger partial charge in [0.1, 0.15) is 5.51 Å². The molecule has 0 aromatic carbocycles. The van der Waals surface area contributed by atoms with E-state index in [1.54, 1.807) is 12.1 Å². The summed E-state index contributed by atoms with van der Waals surface area (Å²) < 4.78 is 5.23. The van der Waals surface area contributed by atoms with Gasteiger partial charge in [-0.25, -0.2) is 0 Å². The number of Topliss-reactive ketones (excluding diaryl/α,β-unsaturated/α-hetero) is 1. The second-order valence-corrected chi connectivity index (χ2v) is 7.67. The highest BCUT2D eigenvalue weighted by Crippen LogP contribution is 2.50. The molecule has 8 heteroatoms. The maximum absolute atomic E-state index is 13.0. The van der Waals surface area contributed by atoms with E-state index in [1.807, 2.05) is 0 Å². The number of rotatable bonds is 4. The molecule has 1 saturated carbocycles. The van der Waals surface area contributed by atoms with E-state index in [0.29, 0.717) is 11.0 Å². The minimum Gasteiger partial charge on any atom is -0.503 e. The van der Waals surface area contributed by atoms with Crippen molar-refractivity contribution in [3.05, 3.63) is 53.2 Å². The lowest BCUT2D eigenvalue weighted by molar-refractivity contribution is -0.117. The minimum atomic E-state index is -0.603. The summed E-state index contributed by atoms with van der Waals surface area (Å²) in [5, 5.41) is 18.8. The Bertz CT molecular complexity index is 932. The van der Waals surface area contributed by atoms with Crippen LogP contribution in [0.4, 0.5) is 5.13 Å². The van der Waals surface area contributed by atoms with Crippen molar-refractivity contribution in [1.82, 2.24) is 10.2 Å². The Labute approximate surface area is 152 Å². The Morgan fingerprint density at radius 1 is 1.35 bits per heavy atom. The molecule has 1 aliphatic heterocycles. The third-order valence-corrected chi connectivity index (χ3v) is 6.22. The second-order valence-electron chi connectivity index (χ2n) is 6.85. The third kappa shape index (κ3) is 2.11. The van der Waals surface area contributed by atoms with Crippen molar-refractivity contribution in [3.63, 3.8) is 0 Å². The summed E-state index contributed by atoms with van der Waals surface area (Å²) in [4.78, 5) is 27.3. The van der Waals surface area contributed by atoms with Crippen LogP contribution in [0.25, 0.3) is 0 Å². The molecule has 7 nitrogen and oxygen atoms in total. The lowest BCUT2D eigenvalue weighted by Crippen LogP contribution is -2.43. The van der Waals surface area contributed by atoms with Gasteiger partial charge in [0.2, 0.25) is 10.9 Å². The molecule has 3 aliphatic rings. The van der Waals surface area contributed by atoms with Crippen molar-refractivity contribution in [3.8, 4) is 0 Å². The fraction of sp³-hybridized carbons (Fsp3) is 0.333. The molecule has 0 spiro atoms. The molecule has 1 N–H and O–H groups in total. The molecule has 2 aromatic heterocycles. The molecular formula is C18H15N3O4S. The van der Waals surface area contributed by atoms with E-state index in [0.717, 1.165) is 12.8 Å². The van der Waals surface area contributed by atoms with Crippen LogP contribution < -0.4 is 4.90 Å². The van der Waals surface area contributed by atoms with E-state index < -0.39 is 23.5 Å². The Balaban J connectivity index is 1.62. The predicted octanol–water partition coefficient (Wildman–Crippen LogP) is 2.75. The summed E-state index contributed by atoms with van der Waals surface area (Å²) in [7, 11) is 0. The average molecular weight is 369 g/mol. The van der Waals surface area contributed by atoms with E-state index >= 15 is 0 Å². The standard InChI is InChI=1S/C18H15N3O4S/c22-15(12-2-1-5-25-12)13-14(11-7-9-3-4-10(11)6-9)21(17(24)16(13)23)18-20-19-8-26-18/h1-5,8-11,14,23H,6-7H2. The molecule has 3 heterocycles. The minimum absolute atomic E-state index is 0.0522. The van der Waals surface area contributed by atoms with Crippen molar-refractivity contribution < 1.29 is 19.1 Å². The molecule has 2 aromatic rings. The van der Waals surface area contributed by atoms with Gasteiger partial charge in [-0.15, -0.1) is 10.2 Å². The van der Waals surface area contributed by atoms with Crippen LogP contribution in [-0.2, 0) is 4.79 Å². The molecule has 4 unspecified atom stereocenters. The largest absolute Gasteiger partial charge is 0.503 e. The van der Waals surface area contributed by atoms with Crippen LogP contribution in [-0.4, -0.2) is 33.0 Å². The van der Waals surface area contributed by atoms with Crippen molar-refractivity contribution in [2.45, 2.75) is 18.9 Å². The van der Waals surface area contributed by atoms with E-state index in [9.17, 15) is 14.7 Å². The molecular weight excluding hydrogens is 354 g/mol. The Hall–Kier alpha value is -2.74. The van der Waals surface area contributed by atoms with Crippen LogP contribution >= 0.6 is 11.3 Å². The number of carbonyl (C=O) groups excluding carboxylic acids is 2. The maximum atomic E-state index is 13.0. The number of hydrogen-bond donors (Lipinski definition) is 1. The topological polar surface area (TPSA) is 96.5 Å². The number of nitrogens with zero attached hydrogens (tertiary/aromatic N) is 3. The first-order chi connectivity index (χ1) is 12.6. The Kier molecular flexibility index (Phi) is 3.36. The summed E-state index contributed by atoms with van der Waals surface area (Å²) in [6, 6.07) is 2.59. The molecule has 2 aliphatic carbocycles. The predicted molar refractivity (Wildman–Crippen MR) is 92.7 cm³/mol. The molecule has 2 bridgehead atoms. The first kappa shape index (κ1) is 15.5. The summed E-state index contributed by atoms with van der Waals surface area (Å²) in [6.07, 6.45) is 7.65. The first-order valence-electron chi connectivity index (χ1n) is 8.44. The zero-order valence-corrected chi connectivity index (χ0v) is 14.4. The normalized spacial score (nSPS) is 30.0. The average Bonchev–Trinajstić information content (AvgIpc) is 3.45. The quantitative estimate of drug-likeness (QED) is 0.657. The fourth-order valence-corrected chi connectivity index (χ4v) is 5.07. The SMILES string of the molecule is O=C(C1=C(O)C(=O)N(c2nncs2)C1C1CC2C=CC1C2)c1ccco1. The lowest BCUT2D eigenvalue weighted by Gasteiger charge is -2.32. The van der Waals surface area contributed by atoms with Gasteiger partial charge in [-0.2, -0.15) is 0 Å². The van der Waals surface area contributed by atoms with E-state index in [4.69, 9.17) is 4.42 Å². The number of aliphatic hydroxyl groups excluding tert-OH is 1. The van der Waals surface area contributed by atoms with Gasteiger partial charge in [0.05, 0.1) is 17.9 Å². The molecule has 0 radical (unpaired) electrons. The number of hydrogen-bond acceptors (Lipinski definition) is 7. The third-order valence-electron chi connectivity index (χ3n) is 5.53. The molecule has 5 rings (SSSR count). The second kappa shape index (κ2) is 5.63. The highest BCUT2D eigenvalue weighted by molar-refractivity contribution is 7.13. The number of ketones is 1. The smallest absolute Gasteiger partial charge is 0.296 e. The zero-order valence-electron chi connectivity index (χ0n) is 13.6. The van der Waals surface area contributed by atoms with Crippen LogP contribution in [0.1, 0.15) is 23.4 Å².